The van der Waals surface area contributed by atoms with Crippen LogP contribution >= 0.6 is 11.6 Å². The van der Waals surface area contributed by atoms with Gasteiger partial charge in [0.1, 0.15) is 6.33 Å². The van der Waals surface area contributed by atoms with E-state index in [1.54, 1.807) is 24.3 Å². The maximum atomic E-state index is 10.9. The third-order valence-electron chi connectivity index (χ3n) is 2.08. The van der Waals surface area contributed by atoms with Gasteiger partial charge in [0, 0.05) is 10.6 Å². The number of carbonyl (C=O) groups excluding carboxylic acids is 1. The average Bonchev–Trinajstić information content (AvgIpc) is 2.80. The van der Waals surface area contributed by atoms with Crippen LogP contribution in [0.2, 0.25) is 5.02 Å². The van der Waals surface area contributed by atoms with E-state index in [2.05, 4.69) is 15.5 Å². The molecule has 0 amide bonds. The predicted octanol–water partition coefficient (Wildman–Crippen LogP) is 1.92. The van der Waals surface area contributed by atoms with Gasteiger partial charge in [-0.15, -0.1) is 5.10 Å². The monoisotopic (exact) mass is 248 g/mol. The van der Waals surface area contributed by atoms with E-state index in [-0.39, 0.29) is 5.78 Å². The number of benzene rings is 1. The van der Waals surface area contributed by atoms with Gasteiger partial charge in [0.2, 0.25) is 0 Å². The van der Waals surface area contributed by atoms with Crippen molar-refractivity contribution in [1.29, 1.82) is 0 Å². The van der Waals surface area contributed by atoms with Crippen molar-refractivity contribution in [2.45, 2.75) is 6.92 Å². The Hall–Kier alpha value is -2.01. The number of hydrogen-bond acceptors (Lipinski definition) is 4. The standard InChI is InChI=1S/C11H9ClN4O/c1-8(17)2-3-9-6-10(12)4-5-11(9)16-7-13-14-15-16/h2-7H,1H3/b3-2+. The molecule has 0 fully saturated rings. The smallest absolute Gasteiger partial charge is 0.152 e. The third kappa shape index (κ3) is 2.76. The van der Waals surface area contributed by atoms with Crippen LogP contribution in [0.3, 0.4) is 0 Å². The van der Waals surface area contributed by atoms with Gasteiger partial charge in [0.15, 0.2) is 5.78 Å². The Morgan fingerprint density at radius 1 is 1.47 bits per heavy atom. The largest absolute Gasteiger partial charge is 0.295 e. The first-order valence-corrected chi connectivity index (χ1v) is 5.26. The number of ketones is 1. The fourth-order valence-corrected chi connectivity index (χ4v) is 1.53. The molecule has 0 aliphatic heterocycles. The molecular weight excluding hydrogens is 240 g/mol. The number of halogens is 1. The van der Waals surface area contributed by atoms with Gasteiger partial charge in [-0.2, -0.15) is 4.68 Å². The van der Waals surface area contributed by atoms with Crippen molar-refractivity contribution < 1.29 is 4.79 Å². The van der Waals surface area contributed by atoms with Crippen molar-refractivity contribution in [3.8, 4) is 5.69 Å². The average molecular weight is 249 g/mol. The SMILES string of the molecule is CC(=O)/C=C/c1cc(Cl)ccc1-n1cnnn1. The number of carbonyl (C=O) groups is 1. The molecule has 2 rings (SSSR count). The van der Waals surface area contributed by atoms with E-state index >= 15 is 0 Å². The van der Waals surface area contributed by atoms with Gasteiger partial charge < -0.3 is 0 Å². The van der Waals surface area contributed by atoms with Crippen molar-refractivity contribution in [2.24, 2.45) is 0 Å². The molecule has 1 heterocycles. The summed E-state index contributed by atoms with van der Waals surface area (Å²) in [4.78, 5) is 10.9. The molecule has 17 heavy (non-hydrogen) atoms. The van der Waals surface area contributed by atoms with E-state index in [1.807, 2.05) is 0 Å². The highest BCUT2D eigenvalue weighted by Crippen LogP contribution is 2.20. The summed E-state index contributed by atoms with van der Waals surface area (Å²) in [6.07, 6.45) is 4.64. The van der Waals surface area contributed by atoms with Gasteiger partial charge in [-0.25, -0.2) is 0 Å². The molecule has 0 aliphatic carbocycles. The molecule has 1 aromatic carbocycles. The number of aromatic nitrogens is 4. The number of tetrazole rings is 1. The normalized spacial score (nSPS) is 10.9. The lowest BCUT2D eigenvalue weighted by Gasteiger charge is -2.04. The molecule has 2 aromatic rings. The quantitative estimate of drug-likeness (QED) is 0.779. The van der Waals surface area contributed by atoms with Crippen molar-refractivity contribution in [3.63, 3.8) is 0 Å². The Labute approximate surface area is 103 Å². The van der Waals surface area contributed by atoms with Crippen LogP contribution in [0.25, 0.3) is 11.8 Å². The fraction of sp³-hybridized carbons (Fsp3) is 0.0909. The van der Waals surface area contributed by atoms with Crippen molar-refractivity contribution in [3.05, 3.63) is 41.2 Å². The third-order valence-corrected chi connectivity index (χ3v) is 2.32. The number of allylic oxidation sites excluding steroid dienone is 1. The zero-order valence-electron chi connectivity index (χ0n) is 9.04. The van der Waals surface area contributed by atoms with E-state index in [0.717, 1.165) is 11.3 Å². The first kappa shape index (κ1) is 11.5. The predicted molar refractivity (Wildman–Crippen MR) is 63.9 cm³/mol. The number of hydrogen-bond donors (Lipinski definition) is 0. The summed E-state index contributed by atoms with van der Waals surface area (Å²) in [5.41, 5.74) is 1.54. The second-order valence-electron chi connectivity index (χ2n) is 3.40. The van der Waals surface area contributed by atoms with Crippen LogP contribution in [0, 0.1) is 0 Å². The first-order chi connectivity index (χ1) is 8.16. The fourth-order valence-electron chi connectivity index (χ4n) is 1.35. The summed E-state index contributed by atoms with van der Waals surface area (Å²) >= 11 is 5.91. The Balaban J connectivity index is 2.48. The molecule has 5 nitrogen and oxygen atoms in total. The Morgan fingerprint density at radius 2 is 2.29 bits per heavy atom. The van der Waals surface area contributed by atoms with Gasteiger partial charge in [-0.1, -0.05) is 11.6 Å². The molecule has 0 aliphatic rings. The Morgan fingerprint density at radius 3 is 2.94 bits per heavy atom. The molecule has 0 saturated carbocycles. The molecule has 0 atom stereocenters. The van der Waals surface area contributed by atoms with E-state index in [0.29, 0.717) is 5.02 Å². The van der Waals surface area contributed by atoms with Crippen molar-refractivity contribution in [2.75, 3.05) is 0 Å². The first-order valence-electron chi connectivity index (χ1n) is 4.88. The Kier molecular flexibility index (Phi) is 3.30. The van der Waals surface area contributed by atoms with E-state index in [4.69, 9.17) is 11.6 Å². The summed E-state index contributed by atoms with van der Waals surface area (Å²) < 4.78 is 1.51. The van der Waals surface area contributed by atoms with Crippen molar-refractivity contribution in [1.82, 2.24) is 20.2 Å². The minimum atomic E-state index is -0.0346. The van der Waals surface area contributed by atoms with Gasteiger partial charge in [0.05, 0.1) is 5.69 Å². The van der Waals surface area contributed by atoms with Crippen LogP contribution in [0.1, 0.15) is 12.5 Å². The molecule has 0 unspecified atom stereocenters. The second kappa shape index (κ2) is 4.88. The molecule has 0 radical (unpaired) electrons. The summed E-state index contributed by atoms with van der Waals surface area (Å²) in [7, 11) is 0. The van der Waals surface area contributed by atoms with E-state index in [1.165, 1.54) is 24.0 Å². The molecular formula is C11H9ClN4O. The zero-order chi connectivity index (χ0) is 12.3. The van der Waals surface area contributed by atoms with Crippen LogP contribution in [0.4, 0.5) is 0 Å². The summed E-state index contributed by atoms with van der Waals surface area (Å²) in [5, 5.41) is 11.5. The highest BCUT2D eigenvalue weighted by molar-refractivity contribution is 6.30. The topological polar surface area (TPSA) is 60.7 Å². The molecule has 6 heteroatoms. The molecule has 1 aromatic heterocycles. The minimum Gasteiger partial charge on any atom is -0.295 e. The van der Waals surface area contributed by atoms with Crippen LogP contribution in [-0.4, -0.2) is 26.0 Å². The second-order valence-corrected chi connectivity index (χ2v) is 3.84. The van der Waals surface area contributed by atoms with Gasteiger partial charge >= 0.3 is 0 Å². The lowest BCUT2D eigenvalue weighted by Crippen LogP contribution is -1.98. The van der Waals surface area contributed by atoms with Gasteiger partial charge in [-0.05, 0) is 47.7 Å². The van der Waals surface area contributed by atoms with Crippen molar-refractivity contribution >= 4 is 23.5 Å². The lowest BCUT2D eigenvalue weighted by atomic mass is 10.1. The summed E-state index contributed by atoms with van der Waals surface area (Å²) in [6.45, 7) is 1.48. The molecule has 0 bridgehead atoms. The minimum absolute atomic E-state index is 0.0346. The molecule has 86 valence electrons. The highest BCUT2D eigenvalue weighted by Gasteiger charge is 2.04. The van der Waals surface area contributed by atoms with Crippen LogP contribution in [0.15, 0.2) is 30.6 Å². The zero-order valence-corrected chi connectivity index (χ0v) is 9.80. The summed E-state index contributed by atoms with van der Waals surface area (Å²) in [5.74, 6) is -0.0346. The molecule has 0 spiro atoms. The molecule has 0 saturated heterocycles. The molecule has 0 N–H and O–H groups in total. The maximum Gasteiger partial charge on any atom is 0.152 e. The Bertz CT molecular complexity index is 563. The summed E-state index contributed by atoms with van der Waals surface area (Å²) in [6, 6.07) is 5.28. The lowest BCUT2D eigenvalue weighted by molar-refractivity contribution is -0.112. The van der Waals surface area contributed by atoms with Crippen LogP contribution in [0.5, 0.6) is 0 Å². The van der Waals surface area contributed by atoms with Gasteiger partial charge in [-0.3, -0.25) is 4.79 Å². The van der Waals surface area contributed by atoms with Crippen LogP contribution in [-0.2, 0) is 4.79 Å². The van der Waals surface area contributed by atoms with Crippen LogP contribution < -0.4 is 0 Å². The number of nitrogens with zero attached hydrogens (tertiary/aromatic N) is 4. The number of rotatable bonds is 3. The van der Waals surface area contributed by atoms with E-state index in [9.17, 15) is 4.79 Å². The van der Waals surface area contributed by atoms with Gasteiger partial charge in [0.25, 0.3) is 0 Å². The van der Waals surface area contributed by atoms with E-state index < -0.39 is 0 Å². The highest BCUT2D eigenvalue weighted by atomic mass is 35.5. The maximum absolute atomic E-state index is 10.9.